The molecule has 0 aliphatic heterocycles. The number of nitrogens with one attached hydrogen (secondary N) is 2. The van der Waals surface area contributed by atoms with Gasteiger partial charge in [-0.05, 0) is 38.6 Å². The van der Waals surface area contributed by atoms with Crippen molar-refractivity contribution >= 4 is 5.91 Å². The Kier molecular flexibility index (Phi) is 4.36. The molecule has 1 fully saturated rings. The highest BCUT2D eigenvalue weighted by atomic mass is 16.2. The Labute approximate surface area is 99.4 Å². The van der Waals surface area contributed by atoms with Gasteiger partial charge in [0, 0.05) is 6.54 Å². The highest BCUT2D eigenvalue weighted by Crippen LogP contribution is 2.36. The Morgan fingerprint density at radius 2 is 1.88 bits per heavy atom. The first-order chi connectivity index (χ1) is 7.40. The highest BCUT2D eigenvalue weighted by Gasteiger charge is 2.32. The summed E-state index contributed by atoms with van der Waals surface area (Å²) in [7, 11) is 0. The molecule has 1 saturated carbocycles. The molecule has 0 saturated heterocycles. The summed E-state index contributed by atoms with van der Waals surface area (Å²) in [5, 5.41) is 6.29. The number of amides is 1. The van der Waals surface area contributed by atoms with Crippen molar-refractivity contribution < 1.29 is 4.79 Å². The number of hydrogen-bond acceptors (Lipinski definition) is 2. The normalized spacial score (nSPS) is 19.8. The Morgan fingerprint density at radius 1 is 1.31 bits per heavy atom. The van der Waals surface area contributed by atoms with E-state index in [0.29, 0.717) is 5.41 Å². The van der Waals surface area contributed by atoms with E-state index in [1.807, 2.05) is 20.8 Å². The molecule has 0 heterocycles. The average Bonchev–Trinajstić information content (AvgIpc) is 2.62. The van der Waals surface area contributed by atoms with Crippen LogP contribution in [0.2, 0.25) is 0 Å². The van der Waals surface area contributed by atoms with E-state index < -0.39 is 5.54 Å². The quantitative estimate of drug-likeness (QED) is 0.753. The molecule has 1 aliphatic carbocycles. The Morgan fingerprint density at radius 3 is 2.38 bits per heavy atom. The van der Waals surface area contributed by atoms with Crippen LogP contribution >= 0.6 is 0 Å². The number of carbonyl (C=O) groups excluding carboxylic acids is 1. The van der Waals surface area contributed by atoms with Crippen LogP contribution in [0.15, 0.2) is 0 Å². The molecule has 16 heavy (non-hydrogen) atoms. The topological polar surface area (TPSA) is 41.1 Å². The van der Waals surface area contributed by atoms with Crippen LogP contribution in [0.5, 0.6) is 0 Å². The van der Waals surface area contributed by atoms with Crippen LogP contribution in [-0.2, 0) is 4.79 Å². The monoisotopic (exact) mass is 226 g/mol. The standard InChI is InChI=1S/C13H26N2O/c1-5-15-12(2,3)11(16)14-10-13(4)8-6-7-9-13/h15H,5-10H2,1-4H3,(H,14,16). The van der Waals surface area contributed by atoms with Gasteiger partial charge in [0.25, 0.3) is 0 Å². The lowest BCUT2D eigenvalue weighted by molar-refractivity contribution is -0.126. The lowest BCUT2D eigenvalue weighted by Crippen LogP contribution is -2.54. The van der Waals surface area contributed by atoms with E-state index >= 15 is 0 Å². The second-order valence-corrected chi connectivity index (χ2v) is 5.86. The summed E-state index contributed by atoms with van der Waals surface area (Å²) in [6.45, 7) is 9.80. The number of likely N-dealkylation sites (N-methyl/N-ethyl adjacent to an activating group) is 1. The smallest absolute Gasteiger partial charge is 0.239 e. The zero-order valence-electron chi connectivity index (χ0n) is 11.2. The van der Waals surface area contributed by atoms with Gasteiger partial charge < -0.3 is 10.6 Å². The van der Waals surface area contributed by atoms with E-state index in [-0.39, 0.29) is 5.91 Å². The summed E-state index contributed by atoms with van der Waals surface area (Å²) < 4.78 is 0. The van der Waals surface area contributed by atoms with Crippen molar-refractivity contribution in [2.75, 3.05) is 13.1 Å². The van der Waals surface area contributed by atoms with Crippen LogP contribution < -0.4 is 10.6 Å². The van der Waals surface area contributed by atoms with Gasteiger partial charge in [-0.3, -0.25) is 4.79 Å². The minimum Gasteiger partial charge on any atom is -0.354 e. The van der Waals surface area contributed by atoms with Gasteiger partial charge in [-0.15, -0.1) is 0 Å². The minimum atomic E-state index is -0.455. The molecule has 0 aromatic rings. The Balaban J connectivity index is 2.40. The lowest BCUT2D eigenvalue weighted by atomic mass is 9.88. The molecular weight excluding hydrogens is 200 g/mol. The molecule has 0 radical (unpaired) electrons. The first-order valence-electron chi connectivity index (χ1n) is 6.43. The summed E-state index contributed by atoms with van der Waals surface area (Å²) in [6.07, 6.45) is 5.11. The van der Waals surface area contributed by atoms with Crippen LogP contribution in [-0.4, -0.2) is 24.5 Å². The van der Waals surface area contributed by atoms with Crippen LogP contribution in [0.25, 0.3) is 0 Å². The van der Waals surface area contributed by atoms with Crippen molar-refractivity contribution in [3.05, 3.63) is 0 Å². The molecular formula is C13H26N2O. The molecule has 1 rings (SSSR count). The van der Waals surface area contributed by atoms with Crippen molar-refractivity contribution in [2.45, 2.75) is 58.9 Å². The van der Waals surface area contributed by atoms with Crippen LogP contribution in [0, 0.1) is 5.41 Å². The third-order valence-corrected chi connectivity index (χ3v) is 3.67. The zero-order chi connectivity index (χ0) is 12.2. The molecule has 3 heteroatoms. The second kappa shape index (κ2) is 5.17. The predicted octanol–water partition coefficient (Wildman–Crippen LogP) is 2.07. The average molecular weight is 226 g/mol. The van der Waals surface area contributed by atoms with Crippen LogP contribution in [0.4, 0.5) is 0 Å². The summed E-state index contributed by atoms with van der Waals surface area (Å²) >= 11 is 0. The molecule has 0 atom stereocenters. The largest absolute Gasteiger partial charge is 0.354 e. The second-order valence-electron chi connectivity index (χ2n) is 5.86. The van der Waals surface area contributed by atoms with Gasteiger partial charge in [0.1, 0.15) is 0 Å². The summed E-state index contributed by atoms with van der Waals surface area (Å²) in [4.78, 5) is 12.0. The highest BCUT2D eigenvalue weighted by molar-refractivity contribution is 5.85. The third-order valence-electron chi connectivity index (χ3n) is 3.67. The Hall–Kier alpha value is -0.570. The Bertz CT molecular complexity index is 242. The molecule has 0 spiro atoms. The van der Waals surface area contributed by atoms with Gasteiger partial charge in [-0.2, -0.15) is 0 Å². The van der Waals surface area contributed by atoms with Gasteiger partial charge in [-0.1, -0.05) is 26.7 Å². The third kappa shape index (κ3) is 3.48. The number of carbonyl (C=O) groups is 1. The first kappa shape index (κ1) is 13.5. The molecule has 0 aromatic carbocycles. The molecule has 0 bridgehead atoms. The summed E-state index contributed by atoms with van der Waals surface area (Å²) in [6, 6.07) is 0. The molecule has 2 N–H and O–H groups in total. The van der Waals surface area contributed by atoms with Crippen molar-refractivity contribution in [1.29, 1.82) is 0 Å². The van der Waals surface area contributed by atoms with Crippen molar-refractivity contribution in [3.8, 4) is 0 Å². The van der Waals surface area contributed by atoms with E-state index in [0.717, 1.165) is 13.1 Å². The van der Waals surface area contributed by atoms with E-state index in [1.54, 1.807) is 0 Å². The maximum atomic E-state index is 12.0. The molecule has 3 nitrogen and oxygen atoms in total. The fourth-order valence-electron chi connectivity index (χ4n) is 2.44. The van der Waals surface area contributed by atoms with Crippen molar-refractivity contribution in [2.24, 2.45) is 5.41 Å². The van der Waals surface area contributed by atoms with Crippen molar-refractivity contribution in [3.63, 3.8) is 0 Å². The van der Waals surface area contributed by atoms with Gasteiger partial charge in [0.15, 0.2) is 0 Å². The van der Waals surface area contributed by atoms with Crippen LogP contribution in [0.3, 0.4) is 0 Å². The summed E-state index contributed by atoms with van der Waals surface area (Å²) in [5.41, 5.74) is -0.123. The fourth-order valence-corrected chi connectivity index (χ4v) is 2.44. The minimum absolute atomic E-state index is 0.113. The SMILES string of the molecule is CCNC(C)(C)C(=O)NCC1(C)CCCC1. The van der Waals surface area contributed by atoms with Gasteiger partial charge in [-0.25, -0.2) is 0 Å². The fraction of sp³-hybridized carbons (Fsp3) is 0.923. The molecule has 0 unspecified atom stereocenters. The zero-order valence-corrected chi connectivity index (χ0v) is 11.2. The van der Waals surface area contributed by atoms with Crippen molar-refractivity contribution in [1.82, 2.24) is 10.6 Å². The molecule has 94 valence electrons. The van der Waals surface area contributed by atoms with Gasteiger partial charge >= 0.3 is 0 Å². The van der Waals surface area contributed by atoms with E-state index in [1.165, 1.54) is 25.7 Å². The van der Waals surface area contributed by atoms with E-state index in [2.05, 4.69) is 17.6 Å². The van der Waals surface area contributed by atoms with Gasteiger partial charge in [0.05, 0.1) is 5.54 Å². The molecule has 1 amide bonds. The molecule has 1 aliphatic rings. The first-order valence-corrected chi connectivity index (χ1v) is 6.43. The maximum Gasteiger partial charge on any atom is 0.239 e. The number of rotatable bonds is 5. The molecule has 0 aromatic heterocycles. The maximum absolute atomic E-state index is 12.0. The van der Waals surface area contributed by atoms with E-state index in [4.69, 9.17) is 0 Å². The van der Waals surface area contributed by atoms with E-state index in [9.17, 15) is 4.79 Å². The number of hydrogen-bond donors (Lipinski definition) is 2. The lowest BCUT2D eigenvalue weighted by Gasteiger charge is -2.29. The van der Waals surface area contributed by atoms with Gasteiger partial charge in [0.2, 0.25) is 5.91 Å². The summed E-state index contributed by atoms with van der Waals surface area (Å²) in [5.74, 6) is 0.113. The predicted molar refractivity (Wildman–Crippen MR) is 67.3 cm³/mol. The van der Waals surface area contributed by atoms with Crippen LogP contribution in [0.1, 0.15) is 53.4 Å².